The quantitative estimate of drug-likeness (QED) is 0.629. The van der Waals surface area contributed by atoms with Gasteiger partial charge in [-0.05, 0) is 12.1 Å². The number of rotatable bonds is 1. The van der Waals surface area contributed by atoms with E-state index in [2.05, 4.69) is 53.3 Å². The van der Waals surface area contributed by atoms with Crippen molar-refractivity contribution in [2.75, 3.05) is 0 Å². The fraction of sp³-hybridized carbons (Fsp3) is 0.250. The standard InChI is InChI=1S/C8H11BrSi/c1-10(2)8-5-3-7(9)4-6-8/h3-6,10H,1-2H3. The molecule has 0 amide bonds. The van der Waals surface area contributed by atoms with E-state index in [0.717, 1.165) is 0 Å². The molecule has 2 heteroatoms. The van der Waals surface area contributed by atoms with Crippen LogP contribution in [0.4, 0.5) is 0 Å². The zero-order valence-electron chi connectivity index (χ0n) is 6.26. The van der Waals surface area contributed by atoms with E-state index in [1.165, 1.54) is 9.66 Å². The highest BCUT2D eigenvalue weighted by Crippen LogP contribution is 2.05. The maximum Gasteiger partial charge on any atom is 0.0647 e. The Morgan fingerprint density at radius 3 is 2.00 bits per heavy atom. The van der Waals surface area contributed by atoms with E-state index in [4.69, 9.17) is 0 Å². The summed E-state index contributed by atoms with van der Waals surface area (Å²) in [5.74, 6) is 0. The minimum absolute atomic E-state index is 0.570. The predicted molar refractivity (Wildman–Crippen MR) is 52.7 cm³/mol. The SMILES string of the molecule is C[SiH](C)c1ccc(Br)cc1. The Morgan fingerprint density at radius 1 is 1.10 bits per heavy atom. The molecule has 0 radical (unpaired) electrons. The van der Waals surface area contributed by atoms with Crippen LogP contribution in [0.1, 0.15) is 0 Å². The lowest BCUT2D eigenvalue weighted by molar-refractivity contribution is 1.68. The molecular formula is C8H11BrSi. The Bertz CT molecular complexity index is 203. The molecule has 1 rings (SSSR count). The van der Waals surface area contributed by atoms with Crippen molar-refractivity contribution in [3.05, 3.63) is 28.7 Å². The molecule has 0 unspecified atom stereocenters. The molecule has 1 aromatic carbocycles. The fourth-order valence-corrected chi connectivity index (χ4v) is 2.07. The molecule has 0 aliphatic heterocycles. The topological polar surface area (TPSA) is 0 Å². The second-order valence-corrected chi connectivity index (χ2v) is 6.60. The molecule has 0 spiro atoms. The third kappa shape index (κ3) is 1.96. The molecule has 0 aliphatic rings. The average molecular weight is 215 g/mol. The van der Waals surface area contributed by atoms with Gasteiger partial charge in [0.1, 0.15) is 0 Å². The van der Waals surface area contributed by atoms with Crippen LogP contribution >= 0.6 is 15.9 Å². The molecule has 0 fully saturated rings. The van der Waals surface area contributed by atoms with E-state index in [1.807, 2.05) is 0 Å². The van der Waals surface area contributed by atoms with Gasteiger partial charge in [-0.2, -0.15) is 0 Å². The maximum absolute atomic E-state index is 3.41. The monoisotopic (exact) mass is 214 g/mol. The molecular weight excluding hydrogens is 204 g/mol. The van der Waals surface area contributed by atoms with Crippen molar-refractivity contribution in [3.63, 3.8) is 0 Å². The first-order valence-electron chi connectivity index (χ1n) is 3.45. The van der Waals surface area contributed by atoms with Crippen molar-refractivity contribution in [3.8, 4) is 0 Å². The molecule has 0 atom stereocenters. The maximum atomic E-state index is 3.41. The first-order chi connectivity index (χ1) is 4.70. The van der Waals surface area contributed by atoms with E-state index in [1.54, 1.807) is 0 Å². The number of hydrogen-bond acceptors (Lipinski definition) is 0. The lowest BCUT2D eigenvalue weighted by Crippen LogP contribution is -2.21. The highest BCUT2D eigenvalue weighted by atomic mass is 79.9. The van der Waals surface area contributed by atoms with Crippen molar-refractivity contribution < 1.29 is 0 Å². The van der Waals surface area contributed by atoms with E-state index >= 15 is 0 Å². The highest BCUT2D eigenvalue weighted by Gasteiger charge is 1.97. The Hall–Kier alpha value is -0.0831. The Labute approximate surface area is 72.0 Å². The van der Waals surface area contributed by atoms with Crippen LogP contribution in [-0.4, -0.2) is 8.80 Å². The molecule has 0 N–H and O–H groups in total. The summed E-state index contributed by atoms with van der Waals surface area (Å²) in [5, 5.41) is 1.53. The molecule has 0 bridgehead atoms. The zero-order chi connectivity index (χ0) is 7.56. The van der Waals surface area contributed by atoms with Gasteiger partial charge in [0, 0.05) is 4.47 Å². The normalized spacial score (nSPS) is 10.4. The first kappa shape index (κ1) is 8.02. The lowest BCUT2D eigenvalue weighted by Gasteiger charge is -2.01. The highest BCUT2D eigenvalue weighted by molar-refractivity contribution is 9.10. The van der Waals surface area contributed by atoms with Gasteiger partial charge in [0.25, 0.3) is 0 Å². The minimum atomic E-state index is -0.570. The molecule has 0 saturated heterocycles. The largest absolute Gasteiger partial charge is 0.0682 e. The van der Waals surface area contributed by atoms with Gasteiger partial charge in [0.2, 0.25) is 0 Å². The van der Waals surface area contributed by atoms with Gasteiger partial charge in [0.15, 0.2) is 0 Å². The third-order valence-electron chi connectivity index (χ3n) is 1.54. The Morgan fingerprint density at radius 2 is 1.60 bits per heavy atom. The number of benzene rings is 1. The van der Waals surface area contributed by atoms with Crippen molar-refractivity contribution >= 4 is 29.9 Å². The predicted octanol–water partition coefficient (Wildman–Crippen LogP) is 2.14. The second-order valence-electron chi connectivity index (χ2n) is 2.71. The van der Waals surface area contributed by atoms with Crippen molar-refractivity contribution in [1.82, 2.24) is 0 Å². The summed E-state index contributed by atoms with van der Waals surface area (Å²) >= 11 is 3.41. The average Bonchev–Trinajstić information content (AvgIpc) is 1.88. The summed E-state index contributed by atoms with van der Waals surface area (Å²) in [4.78, 5) is 0. The number of hydrogen-bond donors (Lipinski definition) is 0. The molecule has 0 aliphatic carbocycles. The Kier molecular flexibility index (Phi) is 2.69. The summed E-state index contributed by atoms with van der Waals surface area (Å²) in [6.45, 7) is 4.67. The van der Waals surface area contributed by atoms with Gasteiger partial charge in [-0.25, -0.2) is 0 Å². The minimum Gasteiger partial charge on any atom is -0.0682 e. The van der Waals surface area contributed by atoms with Gasteiger partial charge in [0.05, 0.1) is 8.80 Å². The summed E-state index contributed by atoms with van der Waals surface area (Å²) in [6.07, 6.45) is 0. The van der Waals surface area contributed by atoms with E-state index in [9.17, 15) is 0 Å². The van der Waals surface area contributed by atoms with Crippen LogP contribution < -0.4 is 5.19 Å². The second kappa shape index (κ2) is 3.35. The molecule has 54 valence electrons. The van der Waals surface area contributed by atoms with E-state index in [0.29, 0.717) is 0 Å². The molecule has 0 saturated carbocycles. The van der Waals surface area contributed by atoms with Crippen LogP contribution in [0.2, 0.25) is 13.1 Å². The van der Waals surface area contributed by atoms with Crippen LogP contribution in [-0.2, 0) is 0 Å². The summed E-state index contributed by atoms with van der Waals surface area (Å²) < 4.78 is 1.17. The van der Waals surface area contributed by atoms with Gasteiger partial charge in [-0.3, -0.25) is 0 Å². The van der Waals surface area contributed by atoms with Gasteiger partial charge in [-0.1, -0.05) is 46.3 Å². The lowest BCUT2D eigenvalue weighted by atomic mass is 10.4. The van der Waals surface area contributed by atoms with Crippen LogP contribution in [0.25, 0.3) is 0 Å². The molecule has 0 nitrogen and oxygen atoms in total. The van der Waals surface area contributed by atoms with Crippen molar-refractivity contribution in [2.24, 2.45) is 0 Å². The summed E-state index contributed by atoms with van der Waals surface area (Å²) in [5.41, 5.74) is 0. The molecule has 10 heavy (non-hydrogen) atoms. The summed E-state index contributed by atoms with van der Waals surface area (Å²) in [6, 6.07) is 8.65. The third-order valence-corrected chi connectivity index (χ3v) is 3.78. The zero-order valence-corrected chi connectivity index (χ0v) is 9.01. The molecule has 0 aromatic heterocycles. The fourth-order valence-electron chi connectivity index (χ4n) is 0.848. The van der Waals surface area contributed by atoms with Gasteiger partial charge >= 0.3 is 0 Å². The summed E-state index contributed by atoms with van der Waals surface area (Å²) in [7, 11) is -0.570. The first-order valence-corrected chi connectivity index (χ1v) is 7.13. The smallest absolute Gasteiger partial charge is 0.0647 e. The Balaban J connectivity index is 2.89. The van der Waals surface area contributed by atoms with E-state index in [-0.39, 0.29) is 0 Å². The van der Waals surface area contributed by atoms with E-state index < -0.39 is 8.80 Å². The van der Waals surface area contributed by atoms with Crippen LogP contribution in [0.5, 0.6) is 0 Å². The molecule has 0 heterocycles. The number of halogens is 1. The van der Waals surface area contributed by atoms with Gasteiger partial charge in [-0.15, -0.1) is 0 Å². The van der Waals surface area contributed by atoms with Crippen molar-refractivity contribution in [2.45, 2.75) is 13.1 Å². The van der Waals surface area contributed by atoms with Crippen LogP contribution in [0.15, 0.2) is 28.7 Å². The molecule has 1 aromatic rings. The van der Waals surface area contributed by atoms with Crippen LogP contribution in [0, 0.1) is 0 Å². The van der Waals surface area contributed by atoms with Crippen molar-refractivity contribution in [1.29, 1.82) is 0 Å². The van der Waals surface area contributed by atoms with Crippen LogP contribution in [0.3, 0.4) is 0 Å². The van der Waals surface area contributed by atoms with Gasteiger partial charge < -0.3 is 0 Å².